The van der Waals surface area contributed by atoms with Crippen molar-refractivity contribution in [3.8, 4) is 5.75 Å². The topological polar surface area (TPSA) is 58.6 Å². The van der Waals surface area contributed by atoms with Crippen molar-refractivity contribution in [2.75, 3.05) is 6.54 Å². The summed E-state index contributed by atoms with van der Waals surface area (Å²) >= 11 is 0. The molecular weight excluding hydrogens is 261 g/mol. The van der Waals surface area contributed by atoms with Gasteiger partial charge in [-0.05, 0) is 50.8 Å². The number of phenols is 1. The van der Waals surface area contributed by atoms with E-state index in [4.69, 9.17) is 4.74 Å². The van der Waals surface area contributed by atoms with Crippen molar-refractivity contribution in [1.29, 1.82) is 0 Å². The maximum atomic E-state index is 13.1. The molecule has 2 rings (SSSR count). The zero-order valence-electron chi connectivity index (χ0n) is 11.7. The van der Waals surface area contributed by atoms with E-state index in [1.807, 2.05) is 13.8 Å². The Bertz CT molecular complexity index is 482. The summed E-state index contributed by atoms with van der Waals surface area (Å²) in [5, 5.41) is 12.3. The zero-order chi connectivity index (χ0) is 14.7. The second-order valence-electron chi connectivity index (χ2n) is 5.47. The highest BCUT2D eigenvalue weighted by Crippen LogP contribution is 2.24. The molecule has 0 radical (unpaired) electrons. The van der Waals surface area contributed by atoms with Crippen molar-refractivity contribution in [3.05, 3.63) is 29.6 Å². The molecule has 2 N–H and O–H groups in total. The maximum Gasteiger partial charge on any atom is 0.255 e. The largest absolute Gasteiger partial charge is 0.507 e. The van der Waals surface area contributed by atoms with Gasteiger partial charge in [0.25, 0.3) is 5.91 Å². The number of carbonyl (C=O) groups excluding carboxylic acids is 1. The molecule has 1 fully saturated rings. The Balaban J connectivity index is 1.93. The number of halogens is 1. The summed E-state index contributed by atoms with van der Waals surface area (Å²) in [5.74, 6) is -0.860. The fourth-order valence-electron chi connectivity index (χ4n) is 2.73. The Morgan fingerprint density at radius 1 is 1.40 bits per heavy atom. The van der Waals surface area contributed by atoms with Gasteiger partial charge in [-0.1, -0.05) is 0 Å². The minimum atomic E-state index is -0.540. The smallest absolute Gasteiger partial charge is 0.255 e. The van der Waals surface area contributed by atoms with Crippen LogP contribution in [0.5, 0.6) is 5.75 Å². The summed E-state index contributed by atoms with van der Waals surface area (Å²) in [6.07, 6.45) is 2.14. The molecule has 1 aliphatic rings. The third-order valence-electron chi connectivity index (χ3n) is 3.55. The predicted octanol–water partition coefficient (Wildman–Crippen LogP) is 2.46. The van der Waals surface area contributed by atoms with Gasteiger partial charge in [0.15, 0.2) is 0 Å². The van der Waals surface area contributed by atoms with Gasteiger partial charge < -0.3 is 15.2 Å². The molecule has 2 unspecified atom stereocenters. The summed E-state index contributed by atoms with van der Waals surface area (Å²) in [4.78, 5) is 12.0. The van der Waals surface area contributed by atoms with Crippen molar-refractivity contribution in [3.63, 3.8) is 0 Å². The van der Waals surface area contributed by atoms with Crippen LogP contribution in [0.2, 0.25) is 0 Å². The van der Waals surface area contributed by atoms with E-state index >= 15 is 0 Å². The second kappa shape index (κ2) is 6.22. The lowest BCUT2D eigenvalue weighted by Crippen LogP contribution is -2.37. The van der Waals surface area contributed by atoms with Gasteiger partial charge in [0.05, 0.1) is 17.8 Å². The lowest BCUT2D eigenvalue weighted by molar-refractivity contribution is -0.0513. The Kier molecular flexibility index (Phi) is 4.60. The van der Waals surface area contributed by atoms with Crippen LogP contribution < -0.4 is 5.32 Å². The van der Waals surface area contributed by atoms with E-state index in [1.54, 1.807) is 0 Å². The molecule has 2 atom stereocenters. The fourth-order valence-corrected chi connectivity index (χ4v) is 2.73. The van der Waals surface area contributed by atoms with Crippen molar-refractivity contribution in [2.24, 2.45) is 5.92 Å². The van der Waals surface area contributed by atoms with E-state index < -0.39 is 11.7 Å². The van der Waals surface area contributed by atoms with Crippen LogP contribution in [0.4, 0.5) is 4.39 Å². The van der Waals surface area contributed by atoms with E-state index in [9.17, 15) is 14.3 Å². The van der Waals surface area contributed by atoms with Gasteiger partial charge in [0.2, 0.25) is 0 Å². The quantitative estimate of drug-likeness (QED) is 0.894. The first kappa shape index (κ1) is 14.8. The number of phenolic OH excluding ortho intramolecular Hbond substituents is 1. The molecule has 1 heterocycles. The molecule has 1 aromatic rings. The average molecular weight is 281 g/mol. The third-order valence-corrected chi connectivity index (χ3v) is 3.55. The molecule has 0 spiro atoms. The maximum absolute atomic E-state index is 13.1. The van der Waals surface area contributed by atoms with Gasteiger partial charge in [-0.25, -0.2) is 4.39 Å². The monoisotopic (exact) mass is 281 g/mol. The molecule has 1 aliphatic heterocycles. The first-order valence-corrected chi connectivity index (χ1v) is 6.88. The summed E-state index contributed by atoms with van der Waals surface area (Å²) in [6.45, 7) is 4.54. The van der Waals surface area contributed by atoms with Crippen molar-refractivity contribution in [1.82, 2.24) is 5.32 Å². The van der Waals surface area contributed by atoms with Crippen molar-refractivity contribution in [2.45, 2.75) is 38.9 Å². The van der Waals surface area contributed by atoms with Crippen molar-refractivity contribution >= 4 is 5.91 Å². The number of rotatable bonds is 3. The SMILES string of the molecule is CC1CC(CNC(=O)c2cc(F)ccc2O)CC(C)O1. The molecule has 20 heavy (non-hydrogen) atoms. The Labute approximate surface area is 117 Å². The molecule has 4 nitrogen and oxygen atoms in total. The number of hydrogen-bond acceptors (Lipinski definition) is 3. The normalized spacial score (nSPS) is 26.2. The van der Waals surface area contributed by atoms with Crippen LogP contribution in [-0.2, 0) is 4.74 Å². The Morgan fingerprint density at radius 3 is 2.70 bits per heavy atom. The fraction of sp³-hybridized carbons (Fsp3) is 0.533. The summed E-state index contributed by atoms with van der Waals surface area (Å²) < 4.78 is 18.7. The van der Waals surface area contributed by atoms with Gasteiger partial charge >= 0.3 is 0 Å². The Hall–Kier alpha value is -1.62. The number of benzene rings is 1. The van der Waals surface area contributed by atoms with E-state index in [2.05, 4.69) is 5.32 Å². The molecule has 1 saturated heterocycles. The lowest BCUT2D eigenvalue weighted by Gasteiger charge is -2.32. The standard InChI is InChI=1S/C15H20FNO3/c1-9-5-11(6-10(2)20-9)8-17-15(19)13-7-12(16)3-4-14(13)18/h3-4,7,9-11,18H,5-6,8H2,1-2H3,(H,17,19). The van der Waals surface area contributed by atoms with E-state index in [0.29, 0.717) is 12.5 Å². The number of amides is 1. The first-order chi connectivity index (χ1) is 9.45. The predicted molar refractivity (Wildman–Crippen MR) is 73.1 cm³/mol. The zero-order valence-corrected chi connectivity index (χ0v) is 11.7. The second-order valence-corrected chi connectivity index (χ2v) is 5.47. The van der Waals surface area contributed by atoms with Crippen LogP contribution in [0.15, 0.2) is 18.2 Å². The van der Waals surface area contributed by atoms with Crippen LogP contribution in [0.1, 0.15) is 37.0 Å². The van der Waals surface area contributed by atoms with Gasteiger partial charge in [0, 0.05) is 6.54 Å². The molecular formula is C15H20FNO3. The van der Waals surface area contributed by atoms with E-state index in [0.717, 1.165) is 25.0 Å². The molecule has 5 heteroatoms. The number of hydrogen-bond donors (Lipinski definition) is 2. The highest BCUT2D eigenvalue weighted by atomic mass is 19.1. The molecule has 110 valence electrons. The third kappa shape index (κ3) is 3.70. The minimum absolute atomic E-state index is 0.0295. The lowest BCUT2D eigenvalue weighted by atomic mass is 9.92. The highest BCUT2D eigenvalue weighted by Gasteiger charge is 2.25. The van der Waals surface area contributed by atoms with Crippen LogP contribution in [0.3, 0.4) is 0 Å². The molecule has 1 aromatic carbocycles. The van der Waals surface area contributed by atoms with Crippen LogP contribution in [0, 0.1) is 11.7 Å². The number of carbonyl (C=O) groups is 1. The molecule has 0 bridgehead atoms. The number of nitrogens with one attached hydrogen (secondary N) is 1. The summed E-state index contributed by atoms with van der Waals surface area (Å²) in [5.41, 5.74) is -0.0295. The van der Waals surface area contributed by atoms with Crippen molar-refractivity contribution < 1.29 is 19.0 Å². The van der Waals surface area contributed by atoms with Crippen LogP contribution in [0.25, 0.3) is 0 Å². The average Bonchev–Trinajstić information content (AvgIpc) is 2.38. The summed E-state index contributed by atoms with van der Waals surface area (Å²) in [6, 6.07) is 3.34. The molecule has 1 amide bonds. The van der Waals surface area contributed by atoms with Gasteiger partial charge in [0.1, 0.15) is 11.6 Å². The molecule has 0 aromatic heterocycles. The van der Waals surface area contributed by atoms with Gasteiger partial charge in [-0.3, -0.25) is 4.79 Å². The van der Waals surface area contributed by atoms with Gasteiger partial charge in [-0.2, -0.15) is 0 Å². The van der Waals surface area contributed by atoms with E-state index in [-0.39, 0.29) is 23.5 Å². The van der Waals surface area contributed by atoms with Crippen LogP contribution in [-0.4, -0.2) is 29.8 Å². The van der Waals surface area contributed by atoms with Crippen LogP contribution >= 0.6 is 0 Å². The molecule has 0 saturated carbocycles. The van der Waals surface area contributed by atoms with E-state index in [1.165, 1.54) is 6.07 Å². The number of aromatic hydroxyl groups is 1. The first-order valence-electron chi connectivity index (χ1n) is 6.88. The highest BCUT2D eigenvalue weighted by molar-refractivity contribution is 5.96. The van der Waals surface area contributed by atoms with Gasteiger partial charge in [-0.15, -0.1) is 0 Å². The Morgan fingerprint density at radius 2 is 2.05 bits per heavy atom. The molecule has 0 aliphatic carbocycles. The summed E-state index contributed by atoms with van der Waals surface area (Å²) in [7, 11) is 0. The minimum Gasteiger partial charge on any atom is -0.507 e. The number of ether oxygens (including phenoxy) is 1.